The summed E-state index contributed by atoms with van der Waals surface area (Å²) in [4.78, 5) is 34.3. The Hall–Kier alpha value is -0.990. The maximum absolute atomic E-state index is 9.73. The van der Waals surface area contributed by atoms with Crippen LogP contribution in [0.15, 0.2) is 0 Å². The molecule has 0 bridgehead atoms. The smallest absolute Gasteiger partial charge is 0.397 e. The number of hydrogen-bond donors (Lipinski definition) is 6. The maximum Gasteiger partial charge on any atom is 0.397 e. The zero-order chi connectivity index (χ0) is 11.8. The third-order valence-electron chi connectivity index (χ3n) is 0.552. The first-order valence-electron chi connectivity index (χ1n) is 3.11. The molecule has 0 radical (unpaired) electrons. The number of hydrogen-bond acceptors (Lipinski definition) is 4. The van der Waals surface area contributed by atoms with Gasteiger partial charge in [0.25, 0.3) is 0 Å². The highest BCUT2D eigenvalue weighted by atomic mass is 31.2. The van der Waals surface area contributed by atoms with Crippen LogP contribution in [-0.2, 0) is 14.2 Å². The van der Waals surface area contributed by atoms with Crippen molar-refractivity contribution in [2.45, 2.75) is 0 Å². The second-order valence-electron chi connectivity index (χ2n) is 1.98. The van der Waals surface area contributed by atoms with Crippen LogP contribution in [0.4, 0.5) is 0 Å². The number of carboxylic acids is 2. The molecule has 7 N–H and O–H groups in total. The molecule has 0 heterocycles. The number of nitrogens with one attached hydrogen (secondary N) is 1. The molecule has 0 aromatic carbocycles. The molecule has 0 saturated carbocycles. The van der Waals surface area contributed by atoms with Gasteiger partial charge in [0.1, 0.15) is 0 Å². The largest absolute Gasteiger partial charge is 0.480 e. The van der Waals surface area contributed by atoms with Gasteiger partial charge in [-0.05, 0) is 0 Å². The summed E-state index contributed by atoms with van der Waals surface area (Å²) < 4.78 is 9.10. The van der Waals surface area contributed by atoms with Gasteiger partial charge in [0.15, 0.2) is 0 Å². The highest BCUT2D eigenvalue weighted by molar-refractivity contribution is 7.49. The minimum Gasteiger partial charge on any atom is -0.480 e. The van der Waals surface area contributed by atoms with Crippen molar-refractivity contribution >= 4 is 19.7 Å². The molecule has 0 unspecified atom stereocenters. The highest BCUT2D eigenvalue weighted by Gasteiger charge is 1.97. The van der Waals surface area contributed by atoms with Gasteiger partial charge in [-0.3, -0.25) is 14.9 Å². The number of carbonyl (C=O) groups is 2. The second-order valence-corrected chi connectivity index (χ2v) is 3.16. The molecule has 9 nitrogen and oxygen atoms in total. The molecule has 0 aliphatic rings. The Labute approximate surface area is 78.7 Å². The minimum absolute atomic E-state index is 0.313. The fourth-order valence-corrected chi connectivity index (χ4v) is 0.276. The number of carboxylic acid groups (broad SMARTS) is 2. The van der Waals surface area contributed by atoms with Gasteiger partial charge in [-0.1, -0.05) is 0 Å². The first-order chi connectivity index (χ1) is 6.13. The lowest BCUT2D eigenvalue weighted by Gasteiger charge is -1.93. The molecule has 0 fully saturated rings. The summed E-state index contributed by atoms with van der Waals surface area (Å²) in [7, 11) is -4.14. The Kier molecular flexibility index (Phi) is 8.20. The molecule has 0 aromatic rings. The number of nitrogens with two attached hydrogens (primary N) is 1. The SMILES string of the molecule is NP(=O)(O)O.O=C(O)CNCC(=O)O. The zero-order valence-electron chi connectivity index (χ0n) is 6.95. The van der Waals surface area contributed by atoms with E-state index >= 15 is 0 Å². The first-order valence-corrected chi connectivity index (χ1v) is 4.79. The van der Waals surface area contributed by atoms with E-state index in [1.165, 1.54) is 0 Å². The predicted octanol–water partition coefficient (Wildman–Crippen LogP) is -2.22. The molecule has 0 aliphatic carbocycles. The van der Waals surface area contributed by atoms with Crippen LogP contribution in [0.2, 0.25) is 0 Å². The Morgan fingerprint density at radius 3 is 1.50 bits per heavy atom. The number of aliphatic carboxylic acids is 2. The first kappa shape index (κ1) is 15.5. The van der Waals surface area contributed by atoms with Gasteiger partial charge in [-0.15, -0.1) is 0 Å². The van der Waals surface area contributed by atoms with Crippen molar-refractivity contribution in [2.24, 2.45) is 5.50 Å². The van der Waals surface area contributed by atoms with Crippen LogP contribution in [0.25, 0.3) is 0 Å². The quantitative estimate of drug-likeness (QED) is 0.293. The molecular weight excluding hydrogens is 219 g/mol. The van der Waals surface area contributed by atoms with E-state index in [4.69, 9.17) is 24.6 Å². The fourth-order valence-electron chi connectivity index (χ4n) is 0.276. The summed E-state index contributed by atoms with van der Waals surface area (Å²) in [6.07, 6.45) is 0. The third-order valence-corrected chi connectivity index (χ3v) is 0.552. The van der Waals surface area contributed by atoms with Crippen LogP contribution in [-0.4, -0.2) is 45.0 Å². The summed E-state index contributed by atoms with van der Waals surface area (Å²) >= 11 is 0. The van der Waals surface area contributed by atoms with Gasteiger partial charge in [-0.25, -0.2) is 10.1 Å². The molecule has 14 heavy (non-hydrogen) atoms. The van der Waals surface area contributed by atoms with E-state index in [2.05, 4.69) is 10.8 Å². The van der Waals surface area contributed by atoms with Crippen LogP contribution >= 0.6 is 7.75 Å². The topological polar surface area (TPSA) is 170 Å². The van der Waals surface area contributed by atoms with Crippen molar-refractivity contribution in [1.29, 1.82) is 0 Å². The summed E-state index contributed by atoms with van der Waals surface area (Å²) in [6.45, 7) is -0.626. The highest BCUT2D eigenvalue weighted by Crippen LogP contribution is 2.20. The molecule has 0 atom stereocenters. The lowest BCUT2D eigenvalue weighted by Crippen LogP contribution is -2.27. The number of rotatable bonds is 4. The lowest BCUT2D eigenvalue weighted by molar-refractivity contribution is -0.137. The summed E-state index contributed by atoms with van der Waals surface area (Å²) in [6, 6.07) is 0. The van der Waals surface area contributed by atoms with E-state index in [-0.39, 0.29) is 13.1 Å². The minimum atomic E-state index is -4.14. The van der Waals surface area contributed by atoms with Gasteiger partial charge in [0, 0.05) is 0 Å². The maximum atomic E-state index is 9.73. The second kappa shape index (κ2) is 7.42. The normalized spacial score (nSPS) is 9.93. The van der Waals surface area contributed by atoms with Crippen LogP contribution in [0, 0.1) is 0 Å². The van der Waals surface area contributed by atoms with E-state index in [0.717, 1.165) is 0 Å². The fraction of sp³-hybridized carbons (Fsp3) is 0.500. The van der Waals surface area contributed by atoms with Crippen molar-refractivity contribution in [2.75, 3.05) is 13.1 Å². The lowest BCUT2D eigenvalue weighted by atomic mass is 10.6. The van der Waals surface area contributed by atoms with Gasteiger partial charge in [0.05, 0.1) is 13.1 Å². The molecular formula is C4H11N2O7P. The van der Waals surface area contributed by atoms with Gasteiger partial charge in [-0.2, -0.15) is 0 Å². The predicted molar refractivity (Wildman–Crippen MR) is 44.4 cm³/mol. The molecule has 0 saturated heterocycles. The summed E-state index contributed by atoms with van der Waals surface area (Å²) in [5.41, 5.74) is 4.02. The molecule has 0 aliphatic heterocycles. The third kappa shape index (κ3) is 44.0. The molecule has 0 aromatic heterocycles. The zero-order valence-corrected chi connectivity index (χ0v) is 7.85. The average molecular weight is 230 g/mol. The molecule has 10 heteroatoms. The van der Waals surface area contributed by atoms with Crippen LogP contribution in [0.1, 0.15) is 0 Å². The molecule has 0 spiro atoms. The van der Waals surface area contributed by atoms with Crippen LogP contribution in [0.3, 0.4) is 0 Å². The van der Waals surface area contributed by atoms with Crippen molar-refractivity contribution in [3.63, 3.8) is 0 Å². The monoisotopic (exact) mass is 230 g/mol. The van der Waals surface area contributed by atoms with Gasteiger partial charge in [0.2, 0.25) is 0 Å². The Bertz CT molecular complexity index is 214. The Morgan fingerprint density at radius 1 is 1.14 bits per heavy atom. The average Bonchev–Trinajstić information content (AvgIpc) is 1.80. The molecule has 0 rings (SSSR count). The Morgan fingerprint density at radius 2 is 1.36 bits per heavy atom. The van der Waals surface area contributed by atoms with Crippen LogP contribution in [0.5, 0.6) is 0 Å². The Balaban J connectivity index is 0. The summed E-state index contributed by atoms with van der Waals surface area (Å²) in [5.74, 6) is -2.12. The molecule has 0 amide bonds. The van der Waals surface area contributed by atoms with Crippen LogP contribution < -0.4 is 10.8 Å². The molecule has 84 valence electrons. The van der Waals surface area contributed by atoms with E-state index in [1.54, 1.807) is 0 Å². The van der Waals surface area contributed by atoms with E-state index in [0.29, 0.717) is 0 Å². The summed E-state index contributed by atoms with van der Waals surface area (Å²) in [5, 5.41) is 18.1. The van der Waals surface area contributed by atoms with E-state index < -0.39 is 19.7 Å². The van der Waals surface area contributed by atoms with E-state index in [1.807, 2.05) is 0 Å². The van der Waals surface area contributed by atoms with E-state index in [9.17, 15) is 9.59 Å². The van der Waals surface area contributed by atoms with Crippen molar-refractivity contribution in [3.8, 4) is 0 Å². The van der Waals surface area contributed by atoms with Crippen molar-refractivity contribution in [1.82, 2.24) is 5.32 Å². The standard InChI is InChI=1S/C4H7NO4.H4NO3P/c6-3(7)1-5-2-4(8)9;1-5(2,3)4/h5H,1-2H2,(H,6,7)(H,8,9);(H4,1,2,3,4). The van der Waals surface area contributed by atoms with Gasteiger partial charge >= 0.3 is 19.7 Å². The van der Waals surface area contributed by atoms with Crippen molar-refractivity contribution in [3.05, 3.63) is 0 Å². The van der Waals surface area contributed by atoms with Gasteiger partial charge < -0.3 is 20.0 Å². The van der Waals surface area contributed by atoms with Crippen molar-refractivity contribution < 1.29 is 34.2 Å².